The van der Waals surface area contributed by atoms with Gasteiger partial charge in [0.2, 0.25) is 0 Å². The molecule has 16 heavy (non-hydrogen) atoms. The molecule has 0 heterocycles. The summed E-state index contributed by atoms with van der Waals surface area (Å²) in [5.74, 6) is -0.788. The minimum Gasteiger partial charge on any atom is -0.480 e. The molecule has 0 aromatic heterocycles. The van der Waals surface area contributed by atoms with Crippen molar-refractivity contribution in [2.24, 2.45) is 0 Å². The van der Waals surface area contributed by atoms with Gasteiger partial charge in [-0.3, -0.25) is 4.79 Å². The van der Waals surface area contributed by atoms with Crippen LogP contribution in [0.3, 0.4) is 0 Å². The summed E-state index contributed by atoms with van der Waals surface area (Å²) in [5, 5.41) is 11.6. The summed E-state index contributed by atoms with van der Waals surface area (Å²) in [5.41, 5.74) is 1.18. The Bertz CT molecular complexity index is 232. The van der Waals surface area contributed by atoms with Crippen molar-refractivity contribution >= 4 is 5.97 Å². The van der Waals surface area contributed by atoms with E-state index in [0.717, 1.165) is 6.42 Å². The summed E-state index contributed by atoms with van der Waals surface area (Å²) in [4.78, 5) is 10.7. The van der Waals surface area contributed by atoms with E-state index in [2.05, 4.69) is 5.32 Å². The first-order chi connectivity index (χ1) is 7.65. The standard InChI is InChI=1S/C11H19NO2.C2H6/c1-4-6-9(5-2)7-8-10(12-3)11(13)14;1-2/h4-6,10,12H,7-8H2,1-3H3,(H,13,14);1-2H3/b6-4-,9-5+;/t10-;/m0./s1. The van der Waals surface area contributed by atoms with Crippen molar-refractivity contribution in [3.05, 3.63) is 23.8 Å². The first-order valence-corrected chi connectivity index (χ1v) is 5.83. The van der Waals surface area contributed by atoms with Crippen molar-refractivity contribution in [1.29, 1.82) is 0 Å². The highest BCUT2D eigenvalue weighted by atomic mass is 16.4. The van der Waals surface area contributed by atoms with Crippen LogP contribution in [0.4, 0.5) is 0 Å². The van der Waals surface area contributed by atoms with Crippen LogP contribution in [-0.2, 0) is 4.79 Å². The molecular formula is C13H25NO2. The molecule has 0 bridgehead atoms. The number of carboxylic acids is 1. The van der Waals surface area contributed by atoms with Crippen LogP contribution in [0.25, 0.3) is 0 Å². The second-order valence-electron chi connectivity index (χ2n) is 3.08. The summed E-state index contributed by atoms with van der Waals surface area (Å²) in [6, 6.07) is -0.449. The molecular weight excluding hydrogens is 202 g/mol. The Balaban J connectivity index is 0. The molecule has 0 radical (unpaired) electrons. The van der Waals surface area contributed by atoms with E-state index in [9.17, 15) is 4.79 Å². The summed E-state index contributed by atoms with van der Waals surface area (Å²) >= 11 is 0. The van der Waals surface area contributed by atoms with Crippen molar-refractivity contribution < 1.29 is 9.90 Å². The average molecular weight is 227 g/mol. The van der Waals surface area contributed by atoms with Crippen LogP contribution in [0.15, 0.2) is 23.8 Å². The highest BCUT2D eigenvalue weighted by molar-refractivity contribution is 5.73. The summed E-state index contributed by atoms with van der Waals surface area (Å²) in [6.07, 6.45) is 7.39. The zero-order chi connectivity index (χ0) is 13.0. The molecule has 3 heteroatoms. The molecule has 0 aromatic rings. The molecule has 0 aliphatic heterocycles. The highest BCUT2D eigenvalue weighted by Gasteiger charge is 2.13. The maximum atomic E-state index is 10.7. The molecule has 0 aliphatic rings. The van der Waals surface area contributed by atoms with Crippen LogP contribution >= 0.6 is 0 Å². The number of likely N-dealkylation sites (N-methyl/N-ethyl adjacent to an activating group) is 1. The van der Waals surface area contributed by atoms with Gasteiger partial charge in [0, 0.05) is 0 Å². The van der Waals surface area contributed by atoms with Gasteiger partial charge >= 0.3 is 5.97 Å². The van der Waals surface area contributed by atoms with E-state index in [-0.39, 0.29) is 0 Å². The Morgan fingerprint density at radius 1 is 1.38 bits per heavy atom. The number of carbonyl (C=O) groups is 1. The molecule has 0 saturated carbocycles. The van der Waals surface area contributed by atoms with E-state index in [1.807, 2.05) is 45.9 Å². The summed E-state index contributed by atoms with van der Waals surface area (Å²) in [7, 11) is 1.67. The molecule has 0 aliphatic carbocycles. The molecule has 0 fully saturated rings. The molecule has 0 saturated heterocycles. The minimum absolute atomic E-state index is 0.449. The zero-order valence-electron chi connectivity index (χ0n) is 11.1. The predicted octanol–water partition coefficient (Wildman–Crippen LogP) is 2.99. The van der Waals surface area contributed by atoms with Gasteiger partial charge in [0.15, 0.2) is 0 Å². The molecule has 3 nitrogen and oxygen atoms in total. The van der Waals surface area contributed by atoms with Gasteiger partial charge in [0.25, 0.3) is 0 Å². The first kappa shape index (κ1) is 17.3. The largest absolute Gasteiger partial charge is 0.480 e. The number of hydrogen-bond acceptors (Lipinski definition) is 2. The molecule has 0 spiro atoms. The molecule has 2 N–H and O–H groups in total. The Kier molecular flexibility index (Phi) is 13.0. The number of hydrogen-bond donors (Lipinski definition) is 2. The lowest BCUT2D eigenvalue weighted by Gasteiger charge is -2.10. The van der Waals surface area contributed by atoms with Gasteiger partial charge in [0.05, 0.1) is 0 Å². The lowest BCUT2D eigenvalue weighted by atomic mass is 10.1. The van der Waals surface area contributed by atoms with Crippen LogP contribution in [-0.4, -0.2) is 24.2 Å². The lowest BCUT2D eigenvalue weighted by molar-refractivity contribution is -0.139. The molecule has 0 aromatic carbocycles. The fraction of sp³-hybridized carbons (Fsp3) is 0.615. The van der Waals surface area contributed by atoms with Crippen LogP contribution in [0.2, 0.25) is 0 Å². The number of aliphatic carboxylic acids is 1. The van der Waals surface area contributed by atoms with Crippen LogP contribution in [0.1, 0.15) is 40.5 Å². The number of rotatable bonds is 6. The summed E-state index contributed by atoms with van der Waals surface area (Å²) < 4.78 is 0. The molecule has 0 amide bonds. The van der Waals surface area contributed by atoms with E-state index >= 15 is 0 Å². The minimum atomic E-state index is -0.788. The van der Waals surface area contributed by atoms with Crippen molar-refractivity contribution in [3.63, 3.8) is 0 Å². The SMILES string of the molecule is C/C=C\C(=C/C)CC[C@H](NC)C(=O)O.CC. The van der Waals surface area contributed by atoms with Crippen LogP contribution in [0.5, 0.6) is 0 Å². The second-order valence-corrected chi connectivity index (χ2v) is 3.08. The first-order valence-electron chi connectivity index (χ1n) is 5.83. The summed E-state index contributed by atoms with van der Waals surface area (Å²) in [6.45, 7) is 7.92. The average Bonchev–Trinajstić information content (AvgIpc) is 2.30. The zero-order valence-corrected chi connectivity index (χ0v) is 11.1. The van der Waals surface area contributed by atoms with Gasteiger partial charge in [-0.05, 0) is 33.7 Å². The topological polar surface area (TPSA) is 49.3 Å². The Hall–Kier alpha value is -1.09. The van der Waals surface area contributed by atoms with E-state index in [0.29, 0.717) is 6.42 Å². The number of allylic oxidation sites excluding steroid dienone is 4. The Morgan fingerprint density at radius 3 is 2.25 bits per heavy atom. The third-order valence-electron chi connectivity index (χ3n) is 2.12. The smallest absolute Gasteiger partial charge is 0.320 e. The predicted molar refractivity (Wildman–Crippen MR) is 69.6 cm³/mol. The Labute approximate surface area is 99.3 Å². The maximum absolute atomic E-state index is 10.7. The van der Waals surface area contributed by atoms with Crippen molar-refractivity contribution in [2.75, 3.05) is 7.05 Å². The maximum Gasteiger partial charge on any atom is 0.320 e. The number of nitrogens with one attached hydrogen (secondary N) is 1. The van der Waals surface area contributed by atoms with Gasteiger partial charge in [-0.25, -0.2) is 0 Å². The third kappa shape index (κ3) is 8.24. The molecule has 0 unspecified atom stereocenters. The fourth-order valence-electron chi connectivity index (χ4n) is 1.24. The van der Waals surface area contributed by atoms with E-state index < -0.39 is 12.0 Å². The van der Waals surface area contributed by atoms with E-state index in [4.69, 9.17) is 5.11 Å². The second kappa shape index (κ2) is 12.0. The van der Waals surface area contributed by atoms with E-state index in [1.54, 1.807) is 7.05 Å². The third-order valence-corrected chi connectivity index (χ3v) is 2.12. The molecule has 0 rings (SSSR count). The van der Waals surface area contributed by atoms with Crippen molar-refractivity contribution in [2.45, 2.75) is 46.6 Å². The van der Waals surface area contributed by atoms with Crippen LogP contribution < -0.4 is 5.32 Å². The normalized spacial score (nSPS) is 13.2. The van der Waals surface area contributed by atoms with Gasteiger partial charge < -0.3 is 10.4 Å². The quantitative estimate of drug-likeness (QED) is 0.686. The lowest BCUT2D eigenvalue weighted by Crippen LogP contribution is -2.33. The Morgan fingerprint density at radius 2 is 1.94 bits per heavy atom. The fourth-order valence-corrected chi connectivity index (χ4v) is 1.24. The number of carboxylic acid groups (broad SMARTS) is 1. The van der Waals surface area contributed by atoms with Gasteiger partial charge in [-0.2, -0.15) is 0 Å². The highest BCUT2D eigenvalue weighted by Crippen LogP contribution is 2.09. The molecule has 1 atom stereocenters. The van der Waals surface area contributed by atoms with E-state index in [1.165, 1.54) is 5.57 Å². The van der Waals surface area contributed by atoms with Gasteiger partial charge in [0.1, 0.15) is 6.04 Å². The molecule has 94 valence electrons. The van der Waals surface area contributed by atoms with Crippen molar-refractivity contribution in [1.82, 2.24) is 5.32 Å². The van der Waals surface area contributed by atoms with Crippen molar-refractivity contribution in [3.8, 4) is 0 Å². The van der Waals surface area contributed by atoms with Gasteiger partial charge in [-0.15, -0.1) is 0 Å². The monoisotopic (exact) mass is 227 g/mol. The van der Waals surface area contributed by atoms with Gasteiger partial charge in [-0.1, -0.05) is 37.6 Å². The van der Waals surface area contributed by atoms with Crippen LogP contribution in [0, 0.1) is 0 Å².